The van der Waals surface area contributed by atoms with Crippen LogP contribution in [0.1, 0.15) is 25.0 Å². The number of hydrogen-bond donors (Lipinski definition) is 2. The topological polar surface area (TPSA) is 68.0 Å². The maximum atomic E-state index is 12.2. The first-order valence-electron chi connectivity index (χ1n) is 7.19. The molecule has 0 aliphatic heterocycles. The molecule has 4 nitrogen and oxygen atoms in total. The van der Waals surface area contributed by atoms with E-state index in [9.17, 15) is 4.79 Å². The zero-order chi connectivity index (χ0) is 13.2. The van der Waals surface area contributed by atoms with Crippen molar-refractivity contribution in [2.45, 2.75) is 31.7 Å². The first-order valence-corrected chi connectivity index (χ1v) is 7.19. The van der Waals surface area contributed by atoms with Gasteiger partial charge in [-0.3, -0.25) is 9.78 Å². The van der Waals surface area contributed by atoms with E-state index in [1.807, 2.05) is 18.2 Å². The van der Waals surface area contributed by atoms with E-state index < -0.39 is 0 Å². The Kier molecular flexibility index (Phi) is 6.91. The molecule has 21 heavy (non-hydrogen) atoms. The van der Waals surface area contributed by atoms with Gasteiger partial charge in [-0.2, -0.15) is 0 Å². The van der Waals surface area contributed by atoms with Gasteiger partial charge in [0.15, 0.2) is 0 Å². The minimum atomic E-state index is 0. The van der Waals surface area contributed by atoms with Crippen LogP contribution in [-0.2, 0) is 11.2 Å². The molecule has 1 aromatic rings. The van der Waals surface area contributed by atoms with E-state index in [0.29, 0.717) is 18.4 Å². The number of nitrogens with two attached hydrogens (primary N) is 1. The summed E-state index contributed by atoms with van der Waals surface area (Å²) >= 11 is 0. The van der Waals surface area contributed by atoms with Gasteiger partial charge < -0.3 is 11.1 Å². The first-order chi connectivity index (χ1) is 9.25. The van der Waals surface area contributed by atoms with Gasteiger partial charge >= 0.3 is 0 Å². The highest BCUT2D eigenvalue weighted by Gasteiger charge is 2.48. The second-order valence-electron chi connectivity index (χ2n) is 5.80. The molecule has 0 saturated heterocycles. The molecule has 4 atom stereocenters. The summed E-state index contributed by atoms with van der Waals surface area (Å²) in [5.74, 6) is 1.30. The molecular formula is C15H23Cl2N3O. The number of rotatable bonds is 4. The average molecular weight is 332 g/mol. The van der Waals surface area contributed by atoms with Crippen molar-refractivity contribution in [3.05, 3.63) is 30.1 Å². The van der Waals surface area contributed by atoms with Crippen LogP contribution in [0.4, 0.5) is 0 Å². The zero-order valence-electron chi connectivity index (χ0n) is 11.9. The number of nitrogens with one attached hydrogen (secondary N) is 1. The number of hydrogen-bond acceptors (Lipinski definition) is 3. The van der Waals surface area contributed by atoms with E-state index in [-0.39, 0.29) is 42.7 Å². The highest BCUT2D eigenvalue weighted by atomic mass is 35.5. The van der Waals surface area contributed by atoms with E-state index in [4.69, 9.17) is 5.73 Å². The summed E-state index contributed by atoms with van der Waals surface area (Å²) in [6.07, 6.45) is 6.10. The van der Waals surface area contributed by atoms with Gasteiger partial charge in [-0.05, 0) is 43.2 Å². The molecule has 2 fully saturated rings. The Morgan fingerprint density at radius 3 is 2.67 bits per heavy atom. The van der Waals surface area contributed by atoms with Gasteiger partial charge in [-0.1, -0.05) is 6.07 Å². The van der Waals surface area contributed by atoms with Crippen molar-refractivity contribution in [2.24, 2.45) is 23.5 Å². The van der Waals surface area contributed by atoms with Crippen LogP contribution in [0.3, 0.4) is 0 Å². The Balaban J connectivity index is 0.00000110. The summed E-state index contributed by atoms with van der Waals surface area (Å²) in [6.45, 7) is 0.649. The Morgan fingerprint density at radius 1 is 1.29 bits per heavy atom. The molecule has 2 saturated carbocycles. The minimum absolute atomic E-state index is 0. The van der Waals surface area contributed by atoms with E-state index in [1.54, 1.807) is 6.20 Å². The van der Waals surface area contributed by atoms with Crippen molar-refractivity contribution < 1.29 is 4.79 Å². The maximum Gasteiger partial charge on any atom is 0.224 e. The van der Waals surface area contributed by atoms with Crippen LogP contribution in [0.25, 0.3) is 0 Å². The van der Waals surface area contributed by atoms with Crippen molar-refractivity contribution in [1.29, 1.82) is 0 Å². The Morgan fingerprint density at radius 2 is 2.05 bits per heavy atom. The summed E-state index contributed by atoms with van der Waals surface area (Å²) in [5.41, 5.74) is 7.19. The number of carbonyl (C=O) groups is 1. The molecule has 2 bridgehead atoms. The molecule has 0 radical (unpaired) electrons. The summed E-state index contributed by atoms with van der Waals surface area (Å²) in [4.78, 5) is 16.5. The summed E-state index contributed by atoms with van der Waals surface area (Å²) in [6, 6.07) is 5.93. The number of carbonyl (C=O) groups excluding carboxylic acids is 1. The smallest absolute Gasteiger partial charge is 0.224 e. The molecule has 0 aromatic carbocycles. The summed E-state index contributed by atoms with van der Waals surface area (Å²) in [5, 5.41) is 3.03. The van der Waals surface area contributed by atoms with Gasteiger partial charge in [0.05, 0.1) is 5.92 Å². The van der Waals surface area contributed by atoms with Crippen molar-refractivity contribution in [3.63, 3.8) is 0 Å². The third-order valence-electron chi connectivity index (χ3n) is 4.69. The lowest BCUT2D eigenvalue weighted by molar-refractivity contribution is -0.127. The van der Waals surface area contributed by atoms with Crippen LogP contribution in [0.5, 0.6) is 0 Å². The molecule has 0 spiro atoms. The third kappa shape index (κ3) is 3.87. The maximum absolute atomic E-state index is 12.2. The SMILES string of the molecule is Cl.Cl.NC1C2CCC(C2)C1C(=O)NCCc1ccccn1. The molecule has 2 aliphatic rings. The fraction of sp³-hybridized carbons (Fsp3) is 0.600. The highest BCUT2D eigenvalue weighted by molar-refractivity contribution is 5.85. The molecule has 3 N–H and O–H groups in total. The van der Waals surface area contributed by atoms with Gasteiger partial charge in [0.2, 0.25) is 5.91 Å². The van der Waals surface area contributed by atoms with E-state index in [2.05, 4.69) is 10.3 Å². The molecule has 1 aromatic heterocycles. The van der Waals surface area contributed by atoms with Gasteiger partial charge in [0.1, 0.15) is 0 Å². The van der Waals surface area contributed by atoms with Gasteiger partial charge in [0, 0.05) is 30.9 Å². The van der Waals surface area contributed by atoms with Crippen LogP contribution in [0, 0.1) is 17.8 Å². The number of halogens is 2. The lowest BCUT2D eigenvalue weighted by Gasteiger charge is -2.26. The van der Waals surface area contributed by atoms with Gasteiger partial charge in [0.25, 0.3) is 0 Å². The van der Waals surface area contributed by atoms with Crippen LogP contribution in [-0.4, -0.2) is 23.5 Å². The Labute approximate surface area is 138 Å². The van der Waals surface area contributed by atoms with Crippen LogP contribution in [0.2, 0.25) is 0 Å². The van der Waals surface area contributed by atoms with Crippen molar-refractivity contribution in [3.8, 4) is 0 Å². The van der Waals surface area contributed by atoms with Crippen LogP contribution in [0.15, 0.2) is 24.4 Å². The minimum Gasteiger partial charge on any atom is -0.355 e. The normalized spacial score (nSPS) is 29.4. The number of fused-ring (bicyclic) bond motifs is 2. The molecule has 2 aliphatic carbocycles. The molecule has 1 heterocycles. The number of nitrogens with zero attached hydrogens (tertiary/aromatic N) is 1. The summed E-state index contributed by atoms with van der Waals surface area (Å²) in [7, 11) is 0. The third-order valence-corrected chi connectivity index (χ3v) is 4.69. The molecule has 3 rings (SSSR count). The van der Waals surface area contributed by atoms with E-state index in [0.717, 1.165) is 18.5 Å². The Bertz CT molecular complexity index is 455. The molecular weight excluding hydrogens is 309 g/mol. The highest BCUT2D eigenvalue weighted by Crippen LogP contribution is 2.47. The number of pyridine rings is 1. The lowest BCUT2D eigenvalue weighted by atomic mass is 9.84. The number of aromatic nitrogens is 1. The lowest BCUT2D eigenvalue weighted by Crippen LogP contribution is -2.45. The largest absolute Gasteiger partial charge is 0.355 e. The van der Waals surface area contributed by atoms with Gasteiger partial charge in [-0.15, -0.1) is 24.8 Å². The van der Waals surface area contributed by atoms with Gasteiger partial charge in [-0.25, -0.2) is 0 Å². The van der Waals surface area contributed by atoms with Crippen molar-refractivity contribution >= 4 is 30.7 Å². The molecule has 118 valence electrons. The van der Waals surface area contributed by atoms with Crippen LogP contribution < -0.4 is 11.1 Å². The average Bonchev–Trinajstić information content (AvgIpc) is 3.00. The quantitative estimate of drug-likeness (QED) is 0.886. The first kappa shape index (κ1) is 18.2. The second kappa shape index (κ2) is 7.97. The molecule has 1 amide bonds. The fourth-order valence-electron chi connectivity index (χ4n) is 3.70. The zero-order valence-corrected chi connectivity index (χ0v) is 13.5. The predicted molar refractivity (Wildman–Crippen MR) is 87.7 cm³/mol. The standard InChI is InChI=1S/C15H21N3O.2ClH/c16-14-11-5-4-10(9-11)13(14)15(19)18-8-6-12-3-1-2-7-17-12;;/h1-3,7,10-11,13-14H,4-6,8-9,16H2,(H,18,19);2*1H. The van der Waals surface area contributed by atoms with Crippen LogP contribution >= 0.6 is 24.8 Å². The Hall–Kier alpha value is -0.840. The van der Waals surface area contributed by atoms with E-state index >= 15 is 0 Å². The van der Waals surface area contributed by atoms with Crippen molar-refractivity contribution in [2.75, 3.05) is 6.54 Å². The van der Waals surface area contributed by atoms with E-state index in [1.165, 1.54) is 12.8 Å². The second-order valence-corrected chi connectivity index (χ2v) is 5.80. The monoisotopic (exact) mass is 331 g/mol. The van der Waals surface area contributed by atoms with Crippen molar-refractivity contribution in [1.82, 2.24) is 10.3 Å². The fourth-order valence-corrected chi connectivity index (χ4v) is 3.70. The summed E-state index contributed by atoms with van der Waals surface area (Å²) < 4.78 is 0. The number of amides is 1. The predicted octanol–water partition coefficient (Wildman–Crippen LogP) is 1.96. The molecule has 4 unspecified atom stereocenters. The molecule has 6 heteroatoms.